The van der Waals surface area contributed by atoms with Gasteiger partial charge in [0.2, 0.25) is 0 Å². The Morgan fingerprint density at radius 2 is 1.93 bits per heavy atom. The highest BCUT2D eigenvalue weighted by Crippen LogP contribution is 2.11. The molecule has 0 saturated heterocycles. The van der Waals surface area contributed by atoms with Crippen LogP contribution in [0.1, 0.15) is 41.0 Å². The Hall–Kier alpha value is 0.0500. The quantitative estimate of drug-likeness (QED) is 0.527. The van der Waals surface area contributed by atoms with E-state index in [0.29, 0.717) is 0 Å². The van der Waals surface area contributed by atoms with E-state index in [4.69, 9.17) is 0 Å². The highest BCUT2D eigenvalue weighted by Gasteiger charge is 2.08. The molecule has 0 aromatic carbocycles. The van der Waals surface area contributed by atoms with Gasteiger partial charge in [0.1, 0.15) is 0 Å². The van der Waals surface area contributed by atoms with Crippen LogP contribution in [-0.2, 0) is 0 Å². The molecule has 0 unspecified atom stereocenters. The molecule has 0 heterocycles. The van der Waals surface area contributed by atoms with Crippen LogP contribution in [-0.4, -0.2) is 23.6 Å². The molecule has 0 aromatic rings. The van der Waals surface area contributed by atoms with Crippen LogP contribution in [0.15, 0.2) is 12.2 Å². The fourth-order valence-corrected chi connectivity index (χ4v) is 2.15. The molecule has 0 spiro atoms. The summed E-state index contributed by atoms with van der Waals surface area (Å²) >= 11 is 2.00. The molecular formula is C13H27NS. The maximum atomic E-state index is 4.09. The lowest BCUT2D eigenvalue weighted by atomic mass is 10.1. The third-order valence-corrected chi connectivity index (χ3v) is 3.15. The fourth-order valence-electron chi connectivity index (χ4n) is 0.977. The smallest absolute Gasteiger partial charge is 0.0175 e. The second kappa shape index (κ2) is 7.34. The molecule has 15 heavy (non-hydrogen) atoms. The summed E-state index contributed by atoms with van der Waals surface area (Å²) < 4.78 is 0. The van der Waals surface area contributed by atoms with Crippen molar-refractivity contribution in [3.8, 4) is 0 Å². The minimum atomic E-state index is 0.200. The van der Waals surface area contributed by atoms with Gasteiger partial charge < -0.3 is 5.32 Å². The van der Waals surface area contributed by atoms with E-state index in [1.54, 1.807) is 0 Å². The molecule has 0 amide bonds. The first-order valence-electron chi connectivity index (χ1n) is 5.80. The molecule has 1 N–H and O–H groups in total. The highest BCUT2D eigenvalue weighted by atomic mass is 32.2. The zero-order valence-electron chi connectivity index (χ0n) is 11.0. The van der Waals surface area contributed by atoms with Crippen molar-refractivity contribution in [3.05, 3.63) is 12.2 Å². The molecule has 0 fully saturated rings. The SMILES string of the molecule is C=C(CNC(C)(C)C)CSCCC(C)C. The second-order valence-corrected chi connectivity index (χ2v) is 6.69. The van der Waals surface area contributed by atoms with Crippen LogP contribution in [0.25, 0.3) is 0 Å². The van der Waals surface area contributed by atoms with Gasteiger partial charge in [-0.3, -0.25) is 0 Å². The molecule has 1 nitrogen and oxygen atoms in total. The summed E-state index contributed by atoms with van der Waals surface area (Å²) in [6.07, 6.45) is 1.31. The van der Waals surface area contributed by atoms with E-state index >= 15 is 0 Å². The van der Waals surface area contributed by atoms with E-state index in [0.717, 1.165) is 18.2 Å². The second-order valence-electron chi connectivity index (χ2n) is 5.59. The van der Waals surface area contributed by atoms with Crippen LogP contribution in [0.3, 0.4) is 0 Å². The molecule has 90 valence electrons. The molecule has 0 aliphatic rings. The van der Waals surface area contributed by atoms with Crippen molar-refractivity contribution in [3.63, 3.8) is 0 Å². The Kier molecular flexibility index (Phi) is 7.37. The summed E-state index contributed by atoms with van der Waals surface area (Å²) in [5, 5.41) is 3.46. The molecule has 0 aromatic heterocycles. The van der Waals surface area contributed by atoms with Crippen molar-refractivity contribution in [1.29, 1.82) is 0 Å². The monoisotopic (exact) mass is 229 g/mol. The number of thioether (sulfide) groups is 1. The Balaban J connectivity index is 3.42. The first kappa shape index (κ1) is 15.0. The van der Waals surface area contributed by atoms with Gasteiger partial charge in [-0.25, -0.2) is 0 Å². The Bertz CT molecular complexity index is 179. The lowest BCUT2D eigenvalue weighted by Crippen LogP contribution is -2.37. The average Bonchev–Trinajstić information content (AvgIpc) is 2.07. The molecule has 0 atom stereocenters. The van der Waals surface area contributed by atoms with Crippen molar-refractivity contribution in [1.82, 2.24) is 5.32 Å². The zero-order chi connectivity index (χ0) is 11.9. The van der Waals surface area contributed by atoms with E-state index in [1.807, 2.05) is 11.8 Å². The Morgan fingerprint density at radius 1 is 1.33 bits per heavy atom. The van der Waals surface area contributed by atoms with Gasteiger partial charge in [-0.15, -0.1) is 0 Å². The van der Waals surface area contributed by atoms with Crippen LogP contribution < -0.4 is 5.32 Å². The first-order valence-corrected chi connectivity index (χ1v) is 6.96. The highest BCUT2D eigenvalue weighted by molar-refractivity contribution is 7.99. The number of hydrogen-bond donors (Lipinski definition) is 1. The lowest BCUT2D eigenvalue weighted by Gasteiger charge is -2.21. The van der Waals surface area contributed by atoms with E-state index in [2.05, 4.69) is 46.5 Å². The Morgan fingerprint density at radius 3 is 2.40 bits per heavy atom. The van der Waals surface area contributed by atoms with E-state index in [1.165, 1.54) is 17.7 Å². The summed E-state index contributed by atoms with van der Waals surface area (Å²) in [6.45, 7) is 16.1. The molecule has 2 heteroatoms. The van der Waals surface area contributed by atoms with Crippen molar-refractivity contribution < 1.29 is 0 Å². The molecule has 0 radical (unpaired) electrons. The number of nitrogens with one attached hydrogen (secondary N) is 1. The first-order chi connectivity index (χ1) is 6.81. The normalized spacial score (nSPS) is 12.1. The van der Waals surface area contributed by atoms with Crippen LogP contribution >= 0.6 is 11.8 Å². The molecule has 0 bridgehead atoms. The van der Waals surface area contributed by atoms with Crippen LogP contribution in [0.2, 0.25) is 0 Å². The van der Waals surface area contributed by atoms with Crippen molar-refractivity contribution >= 4 is 11.8 Å². The fraction of sp³-hybridized carbons (Fsp3) is 0.846. The number of rotatable bonds is 7. The number of hydrogen-bond acceptors (Lipinski definition) is 2. The third-order valence-electron chi connectivity index (χ3n) is 2.01. The topological polar surface area (TPSA) is 12.0 Å². The van der Waals surface area contributed by atoms with Crippen LogP contribution in [0.4, 0.5) is 0 Å². The van der Waals surface area contributed by atoms with Crippen molar-refractivity contribution in [2.24, 2.45) is 5.92 Å². The van der Waals surface area contributed by atoms with Crippen molar-refractivity contribution in [2.75, 3.05) is 18.1 Å². The summed E-state index contributed by atoms with van der Waals surface area (Å²) in [4.78, 5) is 0. The van der Waals surface area contributed by atoms with Gasteiger partial charge in [-0.05, 0) is 38.9 Å². The van der Waals surface area contributed by atoms with Gasteiger partial charge >= 0.3 is 0 Å². The summed E-state index contributed by atoms with van der Waals surface area (Å²) in [5.74, 6) is 3.17. The van der Waals surface area contributed by atoms with E-state index in [-0.39, 0.29) is 5.54 Å². The van der Waals surface area contributed by atoms with Gasteiger partial charge in [-0.2, -0.15) is 11.8 Å². The molecule has 0 rings (SSSR count). The maximum absolute atomic E-state index is 4.09. The standard InChI is InChI=1S/C13H27NS/c1-11(2)7-8-15-10-12(3)9-14-13(4,5)6/h11,14H,3,7-10H2,1-2,4-6H3. The van der Waals surface area contributed by atoms with Crippen LogP contribution in [0, 0.1) is 5.92 Å². The summed E-state index contributed by atoms with van der Waals surface area (Å²) in [7, 11) is 0. The molecule has 0 aliphatic heterocycles. The molecule has 0 saturated carbocycles. The van der Waals surface area contributed by atoms with Gasteiger partial charge in [0.25, 0.3) is 0 Å². The van der Waals surface area contributed by atoms with Crippen LogP contribution in [0.5, 0.6) is 0 Å². The lowest BCUT2D eigenvalue weighted by molar-refractivity contribution is 0.445. The zero-order valence-corrected chi connectivity index (χ0v) is 11.8. The van der Waals surface area contributed by atoms with Gasteiger partial charge in [0, 0.05) is 17.8 Å². The van der Waals surface area contributed by atoms with Gasteiger partial charge in [0.05, 0.1) is 0 Å². The van der Waals surface area contributed by atoms with Crippen molar-refractivity contribution in [2.45, 2.75) is 46.6 Å². The van der Waals surface area contributed by atoms with E-state index in [9.17, 15) is 0 Å². The predicted octanol–water partition coefficient (Wildman–Crippen LogP) is 3.71. The molecule has 0 aliphatic carbocycles. The van der Waals surface area contributed by atoms with Gasteiger partial charge in [-0.1, -0.05) is 26.0 Å². The average molecular weight is 229 g/mol. The summed E-state index contributed by atoms with van der Waals surface area (Å²) in [6, 6.07) is 0. The summed E-state index contributed by atoms with van der Waals surface area (Å²) in [5.41, 5.74) is 1.50. The minimum absolute atomic E-state index is 0.200. The van der Waals surface area contributed by atoms with Gasteiger partial charge in [0.15, 0.2) is 0 Å². The largest absolute Gasteiger partial charge is 0.308 e. The third kappa shape index (κ3) is 12.0. The van der Waals surface area contributed by atoms with E-state index < -0.39 is 0 Å². The predicted molar refractivity (Wildman–Crippen MR) is 73.7 cm³/mol. The Labute approximate surface area is 100 Å². The minimum Gasteiger partial charge on any atom is -0.308 e. The maximum Gasteiger partial charge on any atom is 0.0175 e. The molecular weight excluding hydrogens is 202 g/mol.